The molecule has 0 bridgehead atoms. The minimum absolute atomic E-state index is 0. The number of nitrogens with one attached hydrogen (secondary N) is 2. The van der Waals surface area contributed by atoms with Gasteiger partial charge >= 0.3 is 0 Å². The summed E-state index contributed by atoms with van der Waals surface area (Å²) in [5.74, 6) is 3.20. The number of rotatable bonds is 7. The van der Waals surface area contributed by atoms with E-state index >= 15 is 0 Å². The van der Waals surface area contributed by atoms with Crippen molar-refractivity contribution in [3.05, 3.63) is 41.2 Å². The van der Waals surface area contributed by atoms with Crippen molar-refractivity contribution in [3.8, 4) is 0 Å². The summed E-state index contributed by atoms with van der Waals surface area (Å²) in [7, 11) is 1.74. The Morgan fingerprint density at radius 2 is 1.85 bits per heavy atom. The molecule has 0 saturated heterocycles. The largest absolute Gasteiger partial charge is 0.444 e. The number of aromatic nitrogens is 2. The van der Waals surface area contributed by atoms with Crippen molar-refractivity contribution in [2.24, 2.45) is 4.99 Å². The van der Waals surface area contributed by atoms with Crippen LogP contribution in [0.25, 0.3) is 0 Å². The molecule has 0 aliphatic heterocycles. The molecule has 0 aromatic carbocycles. The Labute approximate surface area is 172 Å². The number of aliphatic imine (C=N–C) groups is 1. The third kappa shape index (κ3) is 6.15. The molecule has 0 amide bonds. The molecule has 0 atom stereocenters. The molecule has 0 saturated carbocycles. The molecule has 2 aromatic heterocycles. The van der Waals surface area contributed by atoms with Gasteiger partial charge in [-0.3, -0.25) is 4.99 Å². The number of pyridine rings is 1. The second kappa shape index (κ2) is 11.0. The standard InChI is InChI=1S/C18H28N6O.HI/c1-6-24(7-2)16-9-8-15(10-20-16)11-21-18(19-5)22-12-17-23-13(3)14(4)25-17;/h8-10H,6-7,11-12H2,1-5H3,(H2,19,21,22);1H. The van der Waals surface area contributed by atoms with E-state index in [1.54, 1.807) is 7.05 Å². The number of nitrogens with zero attached hydrogens (tertiary/aromatic N) is 4. The second-order valence-corrected chi connectivity index (χ2v) is 5.73. The molecule has 0 fully saturated rings. The molecule has 0 aliphatic carbocycles. The predicted octanol–water partition coefficient (Wildman–Crippen LogP) is 3.02. The number of guanidine groups is 1. The zero-order valence-electron chi connectivity index (χ0n) is 16.2. The van der Waals surface area contributed by atoms with Crippen molar-refractivity contribution >= 4 is 35.8 Å². The van der Waals surface area contributed by atoms with Gasteiger partial charge in [-0.2, -0.15) is 0 Å². The number of aryl methyl sites for hydroxylation is 2. The lowest BCUT2D eigenvalue weighted by Crippen LogP contribution is -2.36. The summed E-state index contributed by atoms with van der Waals surface area (Å²) in [5.41, 5.74) is 2.01. The van der Waals surface area contributed by atoms with E-state index in [2.05, 4.69) is 56.5 Å². The number of hydrogen-bond donors (Lipinski definition) is 2. The Morgan fingerprint density at radius 3 is 2.35 bits per heavy atom. The van der Waals surface area contributed by atoms with Crippen LogP contribution in [0.5, 0.6) is 0 Å². The number of hydrogen-bond acceptors (Lipinski definition) is 5. The minimum atomic E-state index is 0. The lowest BCUT2D eigenvalue weighted by molar-refractivity contribution is 0.463. The second-order valence-electron chi connectivity index (χ2n) is 5.73. The normalized spacial score (nSPS) is 11.0. The van der Waals surface area contributed by atoms with Crippen molar-refractivity contribution in [3.63, 3.8) is 0 Å². The van der Waals surface area contributed by atoms with Crippen LogP contribution in [0, 0.1) is 13.8 Å². The summed E-state index contributed by atoms with van der Waals surface area (Å²) in [6.45, 7) is 11.2. The van der Waals surface area contributed by atoms with Gasteiger partial charge in [0.1, 0.15) is 11.6 Å². The van der Waals surface area contributed by atoms with E-state index in [-0.39, 0.29) is 24.0 Å². The summed E-state index contributed by atoms with van der Waals surface area (Å²) in [4.78, 5) is 15.3. The number of halogens is 1. The number of anilines is 1. The maximum Gasteiger partial charge on any atom is 0.214 e. The summed E-state index contributed by atoms with van der Waals surface area (Å²) < 4.78 is 5.56. The molecule has 26 heavy (non-hydrogen) atoms. The van der Waals surface area contributed by atoms with Gasteiger partial charge in [-0.05, 0) is 39.3 Å². The van der Waals surface area contributed by atoms with E-state index in [1.165, 1.54) is 0 Å². The topological polar surface area (TPSA) is 78.6 Å². The van der Waals surface area contributed by atoms with Crippen LogP contribution < -0.4 is 15.5 Å². The van der Waals surface area contributed by atoms with Gasteiger partial charge in [-0.15, -0.1) is 24.0 Å². The highest BCUT2D eigenvalue weighted by atomic mass is 127. The Bertz CT molecular complexity index is 675. The van der Waals surface area contributed by atoms with Crippen LogP contribution in [0.3, 0.4) is 0 Å². The first kappa shape index (κ1) is 22.2. The lowest BCUT2D eigenvalue weighted by Gasteiger charge is -2.19. The molecule has 0 spiro atoms. The molecule has 0 aliphatic rings. The van der Waals surface area contributed by atoms with E-state index in [4.69, 9.17) is 4.42 Å². The van der Waals surface area contributed by atoms with Crippen LogP contribution in [0.15, 0.2) is 27.7 Å². The van der Waals surface area contributed by atoms with E-state index in [1.807, 2.05) is 20.0 Å². The van der Waals surface area contributed by atoms with Gasteiger partial charge in [0.15, 0.2) is 5.96 Å². The average molecular weight is 472 g/mol. The maximum atomic E-state index is 5.56. The lowest BCUT2D eigenvalue weighted by atomic mass is 10.2. The number of oxazole rings is 1. The van der Waals surface area contributed by atoms with Crippen LogP contribution in [-0.4, -0.2) is 36.1 Å². The predicted molar refractivity (Wildman–Crippen MR) is 116 cm³/mol. The molecule has 2 N–H and O–H groups in total. The quantitative estimate of drug-likeness (QED) is 0.367. The van der Waals surface area contributed by atoms with Crippen molar-refractivity contribution < 1.29 is 4.42 Å². The van der Waals surface area contributed by atoms with Crippen LogP contribution in [-0.2, 0) is 13.1 Å². The van der Waals surface area contributed by atoms with Crippen LogP contribution in [0.2, 0.25) is 0 Å². The highest BCUT2D eigenvalue weighted by Gasteiger charge is 2.07. The smallest absolute Gasteiger partial charge is 0.214 e. The summed E-state index contributed by atoms with van der Waals surface area (Å²) in [6.07, 6.45) is 1.90. The van der Waals surface area contributed by atoms with Crippen LogP contribution in [0.4, 0.5) is 5.82 Å². The Balaban J connectivity index is 0.00000338. The summed E-state index contributed by atoms with van der Waals surface area (Å²) in [6, 6.07) is 4.14. The molecule has 2 heterocycles. The van der Waals surface area contributed by atoms with Crippen molar-refractivity contribution in [2.45, 2.75) is 40.8 Å². The Hall–Kier alpha value is -1.84. The first-order valence-corrected chi connectivity index (χ1v) is 8.64. The maximum absolute atomic E-state index is 5.56. The molecule has 0 unspecified atom stereocenters. The highest BCUT2D eigenvalue weighted by molar-refractivity contribution is 14.0. The molecule has 2 aromatic rings. The zero-order valence-corrected chi connectivity index (χ0v) is 18.5. The highest BCUT2D eigenvalue weighted by Crippen LogP contribution is 2.11. The van der Waals surface area contributed by atoms with Crippen LogP contribution >= 0.6 is 24.0 Å². The monoisotopic (exact) mass is 472 g/mol. The first-order chi connectivity index (χ1) is 12.1. The molecule has 0 radical (unpaired) electrons. The third-order valence-corrected chi connectivity index (χ3v) is 4.06. The Morgan fingerprint density at radius 1 is 1.15 bits per heavy atom. The van der Waals surface area contributed by atoms with E-state index in [9.17, 15) is 0 Å². The Kier molecular flexibility index (Phi) is 9.39. The average Bonchev–Trinajstić information content (AvgIpc) is 2.95. The molecule has 144 valence electrons. The molecule has 7 nitrogen and oxygen atoms in total. The van der Waals surface area contributed by atoms with Crippen molar-refractivity contribution in [1.29, 1.82) is 0 Å². The fourth-order valence-corrected chi connectivity index (χ4v) is 2.44. The van der Waals surface area contributed by atoms with Gasteiger partial charge in [0, 0.05) is 32.9 Å². The molecule has 2 rings (SSSR count). The molecular weight excluding hydrogens is 443 g/mol. The summed E-state index contributed by atoms with van der Waals surface area (Å²) in [5, 5.41) is 6.47. The summed E-state index contributed by atoms with van der Waals surface area (Å²) >= 11 is 0. The van der Waals surface area contributed by atoms with Gasteiger partial charge in [0.05, 0.1) is 12.2 Å². The van der Waals surface area contributed by atoms with E-state index in [0.717, 1.165) is 35.9 Å². The van der Waals surface area contributed by atoms with Gasteiger partial charge in [0.25, 0.3) is 0 Å². The minimum Gasteiger partial charge on any atom is -0.444 e. The fourth-order valence-electron chi connectivity index (χ4n) is 2.44. The van der Waals surface area contributed by atoms with Gasteiger partial charge in [-0.25, -0.2) is 9.97 Å². The van der Waals surface area contributed by atoms with E-state index in [0.29, 0.717) is 24.9 Å². The SMILES string of the molecule is CCN(CC)c1ccc(CNC(=NC)NCc2nc(C)c(C)o2)cn1.I. The van der Waals surface area contributed by atoms with E-state index < -0.39 is 0 Å². The zero-order chi connectivity index (χ0) is 18.2. The first-order valence-electron chi connectivity index (χ1n) is 8.64. The molecule has 8 heteroatoms. The third-order valence-electron chi connectivity index (χ3n) is 4.06. The van der Waals surface area contributed by atoms with Gasteiger partial charge in [0.2, 0.25) is 5.89 Å². The molecular formula is C18H29IN6O. The fraction of sp³-hybridized carbons (Fsp3) is 0.500. The van der Waals surface area contributed by atoms with Crippen LogP contribution in [0.1, 0.15) is 36.8 Å². The van der Waals surface area contributed by atoms with Gasteiger partial charge < -0.3 is 20.0 Å². The van der Waals surface area contributed by atoms with Crippen molar-refractivity contribution in [1.82, 2.24) is 20.6 Å². The van der Waals surface area contributed by atoms with Crippen molar-refractivity contribution in [2.75, 3.05) is 25.0 Å². The van der Waals surface area contributed by atoms with Gasteiger partial charge in [-0.1, -0.05) is 6.07 Å².